The van der Waals surface area contributed by atoms with Crippen LogP contribution in [0, 0.1) is 0 Å². The molecule has 0 aromatic heterocycles. The van der Waals surface area contributed by atoms with Gasteiger partial charge in [0.05, 0.1) is 6.54 Å². The van der Waals surface area contributed by atoms with Crippen molar-refractivity contribution in [1.29, 1.82) is 0 Å². The zero-order valence-corrected chi connectivity index (χ0v) is 8.71. The van der Waals surface area contributed by atoms with Gasteiger partial charge in [-0.25, -0.2) is 5.84 Å². The number of carbonyl (C=O) groups excluding carboxylic acids is 1. The number of nitrogens with zero attached hydrogens (tertiary/aromatic N) is 1. The average Bonchev–Trinajstić information content (AvgIpc) is 2.17. The largest absolute Gasteiger partial charge is 0.369 e. The van der Waals surface area contributed by atoms with E-state index in [1.807, 2.05) is 13.8 Å². The molecule has 0 saturated carbocycles. The van der Waals surface area contributed by atoms with Crippen LogP contribution >= 0.6 is 0 Å². The number of rotatable bonds is 5. The Morgan fingerprint density at radius 3 is 2.71 bits per heavy atom. The standard InChI is InChI=1S/C8H19N5O/c1-3-6(2)12-7(14)4-5-11-8(9)13-10/h6H,3-5,10H2,1-2H3,(H,12,14)(H3,9,11,13). The molecule has 6 heteroatoms. The van der Waals surface area contributed by atoms with Gasteiger partial charge in [-0.05, 0) is 13.3 Å². The zero-order valence-electron chi connectivity index (χ0n) is 8.71. The molecule has 0 radical (unpaired) electrons. The monoisotopic (exact) mass is 201 g/mol. The van der Waals surface area contributed by atoms with Gasteiger partial charge in [0.25, 0.3) is 0 Å². The zero-order chi connectivity index (χ0) is 11.0. The van der Waals surface area contributed by atoms with Gasteiger partial charge in [-0.15, -0.1) is 0 Å². The highest BCUT2D eigenvalue weighted by molar-refractivity contribution is 5.79. The molecule has 14 heavy (non-hydrogen) atoms. The first kappa shape index (κ1) is 12.7. The van der Waals surface area contributed by atoms with E-state index in [1.165, 1.54) is 0 Å². The first-order valence-corrected chi connectivity index (χ1v) is 4.66. The Kier molecular flexibility index (Phi) is 6.47. The van der Waals surface area contributed by atoms with Gasteiger partial charge in [0.2, 0.25) is 11.9 Å². The van der Waals surface area contributed by atoms with Crippen LogP contribution in [0.1, 0.15) is 26.7 Å². The van der Waals surface area contributed by atoms with E-state index < -0.39 is 0 Å². The lowest BCUT2D eigenvalue weighted by Crippen LogP contribution is -2.37. The van der Waals surface area contributed by atoms with Gasteiger partial charge < -0.3 is 11.1 Å². The minimum absolute atomic E-state index is 0.0204. The molecule has 0 aliphatic heterocycles. The molecule has 0 aromatic carbocycles. The molecule has 0 rings (SSSR count). The Balaban J connectivity index is 3.64. The number of nitrogens with two attached hydrogens (primary N) is 2. The van der Waals surface area contributed by atoms with E-state index in [9.17, 15) is 4.79 Å². The molecule has 1 unspecified atom stereocenters. The van der Waals surface area contributed by atoms with E-state index in [0.717, 1.165) is 6.42 Å². The maximum absolute atomic E-state index is 11.2. The quantitative estimate of drug-likeness (QED) is 0.199. The number of hydrogen-bond acceptors (Lipinski definition) is 3. The van der Waals surface area contributed by atoms with Crippen molar-refractivity contribution >= 4 is 11.9 Å². The van der Waals surface area contributed by atoms with Crippen molar-refractivity contribution in [3.63, 3.8) is 0 Å². The lowest BCUT2D eigenvalue weighted by Gasteiger charge is -2.10. The number of nitrogens with one attached hydrogen (secondary N) is 2. The van der Waals surface area contributed by atoms with Crippen LogP contribution in [-0.4, -0.2) is 24.5 Å². The fourth-order valence-corrected chi connectivity index (χ4v) is 0.773. The highest BCUT2D eigenvalue weighted by Crippen LogP contribution is 1.89. The van der Waals surface area contributed by atoms with Crippen LogP contribution in [0.5, 0.6) is 0 Å². The second-order valence-corrected chi connectivity index (χ2v) is 3.04. The molecule has 0 saturated heterocycles. The third-order valence-electron chi connectivity index (χ3n) is 1.79. The Bertz CT molecular complexity index is 204. The van der Waals surface area contributed by atoms with Crippen molar-refractivity contribution in [2.45, 2.75) is 32.7 Å². The summed E-state index contributed by atoms with van der Waals surface area (Å²) >= 11 is 0. The predicted molar refractivity (Wildman–Crippen MR) is 56.3 cm³/mol. The Labute approximate surface area is 84.1 Å². The number of guanidine groups is 1. The van der Waals surface area contributed by atoms with Gasteiger partial charge >= 0.3 is 0 Å². The molecule has 0 aromatic rings. The molecule has 0 bridgehead atoms. The third-order valence-corrected chi connectivity index (χ3v) is 1.79. The molecule has 6 nitrogen and oxygen atoms in total. The molecule has 0 aliphatic carbocycles. The highest BCUT2D eigenvalue weighted by Gasteiger charge is 2.03. The first-order valence-electron chi connectivity index (χ1n) is 4.66. The Morgan fingerprint density at radius 2 is 2.21 bits per heavy atom. The molecular formula is C8H19N5O. The number of carbonyl (C=O) groups is 1. The smallest absolute Gasteiger partial charge is 0.222 e. The SMILES string of the molecule is CCC(C)NC(=O)CCN=C(N)NN. The third kappa shape index (κ3) is 6.24. The second-order valence-electron chi connectivity index (χ2n) is 3.04. The lowest BCUT2D eigenvalue weighted by atomic mass is 10.2. The Hall–Kier alpha value is -1.30. The normalized spacial score (nSPS) is 13.5. The summed E-state index contributed by atoms with van der Waals surface area (Å²) in [6, 6.07) is 0.205. The van der Waals surface area contributed by atoms with E-state index in [0.29, 0.717) is 13.0 Å². The van der Waals surface area contributed by atoms with Crippen LogP contribution < -0.4 is 22.3 Å². The molecule has 0 heterocycles. The molecule has 0 aliphatic rings. The van der Waals surface area contributed by atoms with Crippen LogP contribution in [0.3, 0.4) is 0 Å². The Morgan fingerprint density at radius 1 is 1.57 bits per heavy atom. The predicted octanol–water partition coefficient (Wildman–Crippen LogP) is -0.931. The van der Waals surface area contributed by atoms with Crippen LogP contribution in [0.4, 0.5) is 0 Å². The molecule has 1 atom stereocenters. The summed E-state index contributed by atoms with van der Waals surface area (Å²) in [5, 5.41) is 2.82. The van der Waals surface area contributed by atoms with E-state index in [4.69, 9.17) is 11.6 Å². The highest BCUT2D eigenvalue weighted by atomic mass is 16.1. The fraction of sp³-hybridized carbons (Fsp3) is 0.750. The maximum Gasteiger partial charge on any atom is 0.222 e. The van der Waals surface area contributed by atoms with Crippen LogP contribution in [-0.2, 0) is 4.79 Å². The van der Waals surface area contributed by atoms with Crippen LogP contribution in [0.2, 0.25) is 0 Å². The number of hydrazine groups is 1. The molecular weight excluding hydrogens is 182 g/mol. The summed E-state index contributed by atoms with van der Waals surface area (Å²) < 4.78 is 0. The fourth-order valence-electron chi connectivity index (χ4n) is 0.773. The average molecular weight is 201 g/mol. The van der Waals surface area contributed by atoms with E-state index in [-0.39, 0.29) is 17.9 Å². The maximum atomic E-state index is 11.2. The lowest BCUT2D eigenvalue weighted by molar-refractivity contribution is -0.121. The number of amides is 1. The summed E-state index contributed by atoms with van der Waals surface area (Å²) in [5.41, 5.74) is 7.46. The summed E-state index contributed by atoms with van der Waals surface area (Å²) in [6.07, 6.45) is 1.24. The summed E-state index contributed by atoms with van der Waals surface area (Å²) in [6.45, 7) is 4.31. The van der Waals surface area contributed by atoms with Gasteiger partial charge in [-0.3, -0.25) is 15.2 Å². The van der Waals surface area contributed by atoms with Crippen molar-refractivity contribution in [3.05, 3.63) is 0 Å². The van der Waals surface area contributed by atoms with Gasteiger partial charge in [0.15, 0.2) is 0 Å². The van der Waals surface area contributed by atoms with Crippen molar-refractivity contribution in [2.24, 2.45) is 16.6 Å². The molecule has 6 N–H and O–H groups in total. The van der Waals surface area contributed by atoms with Crippen molar-refractivity contribution in [2.75, 3.05) is 6.54 Å². The van der Waals surface area contributed by atoms with Crippen molar-refractivity contribution in [3.8, 4) is 0 Å². The van der Waals surface area contributed by atoms with Gasteiger partial charge in [-0.1, -0.05) is 6.92 Å². The van der Waals surface area contributed by atoms with Gasteiger partial charge in [0.1, 0.15) is 0 Å². The summed E-state index contributed by atoms with van der Waals surface area (Å²) in [4.78, 5) is 15.0. The topological polar surface area (TPSA) is 106 Å². The van der Waals surface area contributed by atoms with Crippen LogP contribution in [0.15, 0.2) is 4.99 Å². The van der Waals surface area contributed by atoms with Gasteiger partial charge in [-0.2, -0.15) is 0 Å². The first-order chi connectivity index (χ1) is 6.60. The molecule has 1 amide bonds. The van der Waals surface area contributed by atoms with E-state index in [2.05, 4.69) is 15.7 Å². The van der Waals surface area contributed by atoms with Crippen molar-refractivity contribution in [1.82, 2.24) is 10.7 Å². The molecule has 0 fully saturated rings. The summed E-state index contributed by atoms with van der Waals surface area (Å²) in [7, 11) is 0. The van der Waals surface area contributed by atoms with Crippen LogP contribution in [0.25, 0.3) is 0 Å². The van der Waals surface area contributed by atoms with Crippen molar-refractivity contribution < 1.29 is 4.79 Å². The van der Waals surface area contributed by atoms with Gasteiger partial charge in [0, 0.05) is 12.5 Å². The molecule has 82 valence electrons. The second kappa shape index (κ2) is 7.14. The number of aliphatic imine (C=N–C) groups is 1. The summed E-state index contributed by atoms with van der Waals surface area (Å²) in [5.74, 6) is 5.10. The van der Waals surface area contributed by atoms with E-state index >= 15 is 0 Å². The minimum Gasteiger partial charge on any atom is -0.369 e. The minimum atomic E-state index is -0.0204. The van der Waals surface area contributed by atoms with E-state index in [1.54, 1.807) is 0 Å². The molecule has 0 spiro atoms. The number of hydrogen-bond donors (Lipinski definition) is 4.